The summed E-state index contributed by atoms with van der Waals surface area (Å²) in [6, 6.07) is 19.0. The number of para-hydroxylation sites is 1. The van der Waals surface area contributed by atoms with Gasteiger partial charge in [0.1, 0.15) is 5.75 Å². The molecule has 174 valence electrons. The first-order valence-corrected chi connectivity index (χ1v) is 10.5. The Hall–Kier alpha value is -4.51. The summed E-state index contributed by atoms with van der Waals surface area (Å²) in [5.41, 5.74) is 1.85. The minimum absolute atomic E-state index is 0.244. The molecule has 0 aliphatic heterocycles. The number of methoxy groups -OCH3 is 1. The molecule has 34 heavy (non-hydrogen) atoms. The summed E-state index contributed by atoms with van der Waals surface area (Å²) in [5, 5.41) is 21.7. The monoisotopic (exact) mass is 460 g/mol. The van der Waals surface area contributed by atoms with Crippen LogP contribution in [0.1, 0.15) is 34.5 Å². The maximum absolute atomic E-state index is 12.6. The zero-order valence-corrected chi connectivity index (χ0v) is 18.8. The van der Waals surface area contributed by atoms with E-state index in [9.17, 15) is 14.7 Å². The van der Waals surface area contributed by atoms with Gasteiger partial charge in [-0.3, -0.25) is 4.79 Å². The lowest BCUT2D eigenvalue weighted by atomic mass is 10.1. The van der Waals surface area contributed by atoms with Crippen molar-refractivity contribution in [3.8, 4) is 23.3 Å². The second kappa shape index (κ2) is 11.4. The van der Waals surface area contributed by atoms with E-state index in [0.717, 1.165) is 0 Å². The molecule has 0 heterocycles. The second-order valence-corrected chi connectivity index (χ2v) is 7.16. The summed E-state index contributed by atoms with van der Waals surface area (Å²) in [4.78, 5) is 24.6. The van der Waals surface area contributed by atoms with E-state index >= 15 is 0 Å². The van der Waals surface area contributed by atoms with Crippen molar-refractivity contribution in [2.24, 2.45) is 0 Å². The average molecular weight is 460 g/mol. The average Bonchev–Trinajstić information content (AvgIpc) is 2.86. The van der Waals surface area contributed by atoms with Crippen molar-refractivity contribution in [2.75, 3.05) is 25.6 Å². The smallest absolute Gasteiger partial charge is 0.330 e. The molecule has 8 nitrogen and oxygen atoms in total. The summed E-state index contributed by atoms with van der Waals surface area (Å²) in [6.45, 7) is 1.87. The summed E-state index contributed by atoms with van der Waals surface area (Å²) in [6.07, 6.45) is 0. The van der Waals surface area contributed by atoms with Crippen molar-refractivity contribution < 1.29 is 28.9 Å². The number of nitriles is 1. The molecule has 8 heteroatoms. The van der Waals surface area contributed by atoms with Gasteiger partial charge in [-0.25, -0.2) is 4.79 Å². The van der Waals surface area contributed by atoms with Gasteiger partial charge in [-0.1, -0.05) is 18.2 Å². The van der Waals surface area contributed by atoms with E-state index in [4.69, 9.17) is 19.5 Å². The van der Waals surface area contributed by atoms with E-state index in [1.807, 2.05) is 6.07 Å². The van der Waals surface area contributed by atoms with Gasteiger partial charge in [0.15, 0.2) is 24.1 Å². The van der Waals surface area contributed by atoms with Crippen LogP contribution in [-0.4, -0.2) is 37.2 Å². The normalized spacial score (nSPS) is 11.1. The molecular formula is C26H24N2O6. The van der Waals surface area contributed by atoms with Crippen LogP contribution in [0.5, 0.6) is 17.2 Å². The van der Waals surface area contributed by atoms with Crippen molar-refractivity contribution in [3.63, 3.8) is 0 Å². The van der Waals surface area contributed by atoms with Crippen molar-refractivity contribution in [1.82, 2.24) is 0 Å². The Morgan fingerprint density at radius 2 is 1.74 bits per heavy atom. The fraction of sp³-hybridized carbons (Fsp3) is 0.192. The van der Waals surface area contributed by atoms with Crippen molar-refractivity contribution in [3.05, 3.63) is 83.4 Å². The van der Waals surface area contributed by atoms with Crippen LogP contribution in [0.2, 0.25) is 0 Å². The predicted octanol–water partition coefficient (Wildman–Crippen LogP) is 4.47. The summed E-state index contributed by atoms with van der Waals surface area (Å²) < 4.78 is 16.6. The minimum Gasteiger partial charge on any atom is -0.496 e. The van der Waals surface area contributed by atoms with Crippen LogP contribution in [0.25, 0.3) is 0 Å². The number of hydrogen-bond acceptors (Lipinski definition) is 7. The molecule has 0 amide bonds. The first kappa shape index (κ1) is 24.1. The lowest BCUT2D eigenvalue weighted by Crippen LogP contribution is -2.20. The van der Waals surface area contributed by atoms with E-state index < -0.39 is 12.0 Å². The second-order valence-electron chi connectivity index (χ2n) is 7.16. The van der Waals surface area contributed by atoms with Crippen LogP contribution >= 0.6 is 0 Å². The summed E-state index contributed by atoms with van der Waals surface area (Å²) >= 11 is 0. The molecule has 0 fully saturated rings. The van der Waals surface area contributed by atoms with E-state index in [1.165, 1.54) is 7.11 Å². The number of anilines is 1. The third-order valence-corrected chi connectivity index (χ3v) is 4.94. The zero-order chi connectivity index (χ0) is 24.5. The molecular weight excluding hydrogens is 436 g/mol. The van der Waals surface area contributed by atoms with Gasteiger partial charge in [0, 0.05) is 5.69 Å². The molecule has 0 aliphatic carbocycles. The van der Waals surface area contributed by atoms with Crippen molar-refractivity contribution >= 4 is 17.4 Å². The van der Waals surface area contributed by atoms with Gasteiger partial charge in [-0.2, -0.15) is 5.26 Å². The largest absolute Gasteiger partial charge is 0.496 e. The summed E-state index contributed by atoms with van der Waals surface area (Å²) in [5.74, 6) is -0.270. The molecule has 0 bridgehead atoms. The molecule has 0 aromatic heterocycles. The van der Waals surface area contributed by atoms with Gasteiger partial charge < -0.3 is 24.6 Å². The number of carboxylic acid groups (broad SMARTS) is 1. The van der Waals surface area contributed by atoms with E-state index in [2.05, 4.69) is 5.32 Å². The lowest BCUT2D eigenvalue weighted by Gasteiger charge is -2.19. The number of benzene rings is 3. The molecule has 3 aromatic carbocycles. The molecule has 0 saturated heterocycles. The topological polar surface area (TPSA) is 118 Å². The lowest BCUT2D eigenvalue weighted by molar-refractivity contribution is -0.138. The van der Waals surface area contributed by atoms with Crippen LogP contribution in [0, 0.1) is 11.3 Å². The van der Waals surface area contributed by atoms with Crippen molar-refractivity contribution in [1.29, 1.82) is 5.26 Å². The molecule has 0 radical (unpaired) electrons. The van der Waals surface area contributed by atoms with E-state index in [0.29, 0.717) is 46.2 Å². The molecule has 1 unspecified atom stereocenters. The van der Waals surface area contributed by atoms with Gasteiger partial charge in [-0.15, -0.1) is 0 Å². The number of rotatable bonds is 11. The van der Waals surface area contributed by atoms with Gasteiger partial charge >= 0.3 is 5.97 Å². The number of ether oxygens (including phenoxy) is 3. The van der Waals surface area contributed by atoms with Crippen LogP contribution in [-0.2, 0) is 4.79 Å². The Morgan fingerprint density at radius 3 is 2.38 bits per heavy atom. The number of Topliss-reactive ketones (excluding diaryl/α,β-unsaturated/α-hetero) is 1. The maximum Gasteiger partial charge on any atom is 0.330 e. The fourth-order valence-corrected chi connectivity index (χ4v) is 3.28. The van der Waals surface area contributed by atoms with Crippen molar-refractivity contribution in [2.45, 2.75) is 13.0 Å². The number of ketones is 1. The van der Waals surface area contributed by atoms with Crippen LogP contribution in [0.3, 0.4) is 0 Å². The molecule has 1 atom stereocenters. The SMILES string of the molecule is CCOc1cc(C(Nc2ccc(C#N)cc2)C(=O)O)ccc1OCC(=O)c1ccccc1OC. The Bertz CT molecular complexity index is 1200. The number of nitrogens with one attached hydrogen (secondary N) is 1. The quantitative estimate of drug-likeness (QED) is 0.403. The third-order valence-electron chi connectivity index (χ3n) is 4.94. The first-order valence-electron chi connectivity index (χ1n) is 10.5. The highest BCUT2D eigenvalue weighted by Gasteiger charge is 2.22. The Kier molecular flexibility index (Phi) is 8.08. The highest BCUT2D eigenvalue weighted by Crippen LogP contribution is 2.32. The molecule has 2 N–H and O–H groups in total. The van der Waals surface area contributed by atoms with E-state index in [-0.39, 0.29) is 12.4 Å². The fourth-order valence-electron chi connectivity index (χ4n) is 3.28. The van der Waals surface area contributed by atoms with Crippen LogP contribution in [0.15, 0.2) is 66.7 Å². The third kappa shape index (κ3) is 5.84. The van der Waals surface area contributed by atoms with Gasteiger partial charge in [-0.05, 0) is 61.0 Å². The standard InChI is InChI=1S/C26H24N2O6/c1-3-33-24-14-18(25(26(30)31)28-19-11-8-17(15-27)9-12-19)10-13-23(24)34-16-21(29)20-6-4-5-7-22(20)32-2/h4-14,25,28H,3,16H2,1-2H3,(H,30,31). The Balaban J connectivity index is 1.80. The number of nitrogens with zero attached hydrogens (tertiary/aromatic N) is 1. The Labute approximate surface area is 197 Å². The summed E-state index contributed by atoms with van der Waals surface area (Å²) in [7, 11) is 1.49. The van der Waals surface area contributed by atoms with E-state index in [1.54, 1.807) is 73.7 Å². The molecule has 3 aromatic rings. The molecule has 0 aliphatic rings. The van der Waals surface area contributed by atoms with Crippen LogP contribution in [0.4, 0.5) is 5.69 Å². The maximum atomic E-state index is 12.6. The first-order chi connectivity index (χ1) is 16.5. The predicted molar refractivity (Wildman–Crippen MR) is 126 cm³/mol. The number of carboxylic acids is 1. The van der Waals surface area contributed by atoms with Gasteiger partial charge in [0.25, 0.3) is 0 Å². The van der Waals surface area contributed by atoms with Crippen LogP contribution < -0.4 is 19.5 Å². The highest BCUT2D eigenvalue weighted by molar-refractivity contribution is 5.99. The van der Waals surface area contributed by atoms with Gasteiger partial charge in [0.05, 0.1) is 30.9 Å². The number of aliphatic carboxylic acids is 1. The van der Waals surface area contributed by atoms with Gasteiger partial charge in [0.2, 0.25) is 5.78 Å². The molecule has 0 spiro atoms. The zero-order valence-electron chi connectivity index (χ0n) is 18.8. The number of carbonyl (C=O) groups excluding carboxylic acids is 1. The molecule has 3 rings (SSSR count). The number of hydrogen-bond donors (Lipinski definition) is 2. The Morgan fingerprint density at radius 1 is 1.00 bits per heavy atom. The minimum atomic E-state index is -1.09. The highest BCUT2D eigenvalue weighted by atomic mass is 16.5. The number of carbonyl (C=O) groups is 2. The molecule has 0 saturated carbocycles.